The number of nitrogens with one attached hydrogen (secondary N) is 1. The van der Waals surface area contributed by atoms with Gasteiger partial charge in [-0.05, 0) is 62.4 Å². The van der Waals surface area contributed by atoms with Crippen molar-refractivity contribution < 1.29 is 9.59 Å². The van der Waals surface area contributed by atoms with Gasteiger partial charge in [0.1, 0.15) is 0 Å². The van der Waals surface area contributed by atoms with Gasteiger partial charge in [0.05, 0.1) is 11.3 Å². The fraction of sp³-hybridized carbons (Fsp3) is 0.556. The normalized spacial score (nSPS) is 20.0. The van der Waals surface area contributed by atoms with Crippen LogP contribution < -0.4 is 5.32 Å². The first kappa shape index (κ1) is 15.2. The molecule has 118 valence electrons. The molecule has 0 aromatic heterocycles. The zero-order valence-electron chi connectivity index (χ0n) is 13.4. The lowest BCUT2D eigenvalue weighted by Gasteiger charge is -2.35. The summed E-state index contributed by atoms with van der Waals surface area (Å²) in [6.45, 7) is 6.63. The first-order chi connectivity index (χ1) is 10.7. The number of hydrogen-bond acceptors (Lipinski definition) is 3. The Morgan fingerprint density at radius 2 is 1.91 bits per heavy atom. The smallest absolute Gasteiger partial charge is 0.296 e. The van der Waals surface area contributed by atoms with E-state index in [1.165, 1.54) is 5.56 Å². The summed E-state index contributed by atoms with van der Waals surface area (Å²) in [6.07, 6.45) is 5.32. The van der Waals surface area contributed by atoms with E-state index in [2.05, 4.69) is 30.1 Å². The lowest BCUT2D eigenvalue weighted by Crippen LogP contribution is -2.40. The highest BCUT2D eigenvalue weighted by Gasteiger charge is 2.34. The summed E-state index contributed by atoms with van der Waals surface area (Å²) in [4.78, 5) is 26.4. The molecule has 1 heterocycles. The maximum Gasteiger partial charge on any atom is 0.296 e. The van der Waals surface area contributed by atoms with Gasteiger partial charge < -0.3 is 10.2 Å². The van der Waals surface area contributed by atoms with Gasteiger partial charge in [0.15, 0.2) is 0 Å². The standard InChI is InChI=1S/C18H24N2O2/c1-3-9-20(10-4-2)13-7-5-12-6-8-15-16(14(12)11-13)17(21)18(22)19-15/h6,8,13H,3-5,7,9-11H2,1-2H3,(H,19,21,22). The van der Waals surface area contributed by atoms with Gasteiger partial charge in [-0.3, -0.25) is 9.59 Å². The van der Waals surface area contributed by atoms with Gasteiger partial charge in [0.2, 0.25) is 0 Å². The van der Waals surface area contributed by atoms with Gasteiger partial charge in [0, 0.05) is 6.04 Å². The molecule has 1 atom stereocenters. The number of anilines is 1. The van der Waals surface area contributed by atoms with Gasteiger partial charge in [-0.15, -0.1) is 0 Å². The maximum absolute atomic E-state index is 12.2. The number of nitrogens with zero attached hydrogens (tertiary/aromatic N) is 1. The Bertz CT molecular complexity index is 603. The van der Waals surface area contributed by atoms with Crippen LogP contribution in [0, 0.1) is 0 Å². The molecule has 22 heavy (non-hydrogen) atoms. The van der Waals surface area contributed by atoms with Crippen molar-refractivity contribution in [2.75, 3.05) is 18.4 Å². The van der Waals surface area contributed by atoms with Crippen molar-refractivity contribution in [1.82, 2.24) is 4.90 Å². The SMILES string of the molecule is CCCN(CCC)C1CCc2ccc3c(c2C1)C(=O)C(=O)N3. The zero-order valence-corrected chi connectivity index (χ0v) is 13.4. The summed E-state index contributed by atoms with van der Waals surface area (Å²) in [5.74, 6) is -0.838. The van der Waals surface area contributed by atoms with Crippen LogP contribution in [0.2, 0.25) is 0 Å². The summed E-state index contributed by atoms with van der Waals surface area (Å²) in [6, 6.07) is 4.45. The number of carbonyl (C=O) groups excluding carboxylic acids is 2. The first-order valence-electron chi connectivity index (χ1n) is 8.40. The quantitative estimate of drug-likeness (QED) is 0.851. The molecule has 4 nitrogen and oxygen atoms in total. The Morgan fingerprint density at radius 3 is 2.59 bits per heavy atom. The number of fused-ring (bicyclic) bond motifs is 3. The van der Waals surface area contributed by atoms with Crippen LogP contribution in [0.15, 0.2) is 12.1 Å². The third kappa shape index (κ3) is 2.56. The molecule has 0 saturated carbocycles. The van der Waals surface area contributed by atoms with Crippen molar-refractivity contribution >= 4 is 17.4 Å². The minimum absolute atomic E-state index is 0.356. The van der Waals surface area contributed by atoms with Crippen molar-refractivity contribution in [3.8, 4) is 0 Å². The van der Waals surface area contributed by atoms with Gasteiger partial charge in [-0.25, -0.2) is 0 Å². The molecule has 1 unspecified atom stereocenters. The van der Waals surface area contributed by atoms with Crippen molar-refractivity contribution in [3.63, 3.8) is 0 Å². The average Bonchev–Trinajstić information content (AvgIpc) is 2.82. The summed E-state index contributed by atoms with van der Waals surface area (Å²) in [7, 11) is 0. The van der Waals surface area contributed by atoms with Crippen LogP contribution in [0.5, 0.6) is 0 Å². The number of benzene rings is 1. The van der Waals surface area contributed by atoms with Crippen LogP contribution in [0.4, 0.5) is 5.69 Å². The molecule has 1 aliphatic carbocycles. The molecule has 3 rings (SSSR count). The van der Waals surface area contributed by atoms with Crippen LogP contribution >= 0.6 is 0 Å². The van der Waals surface area contributed by atoms with Crippen LogP contribution in [-0.4, -0.2) is 35.7 Å². The summed E-state index contributed by atoms with van der Waals surface area (Å²) in [5, 5.41) is 2.69. The number of carbonyl (C=O) groups is 2. The molecule has 1 aromatic rings. The van der Waals surface area contributed by atoms with E-state index in [0.29, 0.717) is 17.3 Å². The highest BCUT2D eigenvalue weighted by atomic mass is 16.2. The number of aryl methyl sites for hydroxylation is 1. The fourth-order valence-electron chi connectivity index (χ4n) is 3.84. The number of amides is 1. The molecule has 1 N–H and O–H groups in total. The Balaban J connectivity index is 1.91. The van der Waals surface area contributed by atoms with E-state index in [1.807, 2.05) is 6.07 Å². The molecule has 0 radical (unpaired) electrons. The van der Waals surface area contributed by atoms with Crippen molar-refractivity contribution in [2.45, 2.75) is 52.0 Å². The van der Waals surface area contributed by atoms with Crippen LogP contribution in [0.3, 0.4) is 0 Å². The number of rotatable bonds is 5. The molecule has 0 spiro atoms. The number of hydrogen-bond donors (Lipinski definition) is 1. The van der Waals surface area contributed by atoms with Crippen molar-refractivity contribution in [2.24, 2.45) is 0 Å². The van der Waals surface area contributed by atoms with Crippen LogP contribution in [0.25, 0.3) is 0 Å². The third-order valence-corrected chi connectivity index (χ3v) is 4.82. The summed E-state index contributed by atoms with van der Waals surface area (Å²) >= 11 is 0. The zero-order chi connectivity index (χ0) is 15.7. The van der Waals surface area contributed by atoms with E-state index in [0.717, 1.165) is 50.8 Å². The third-order valence-electron chi connectivity index (χ3n) is 4.82. The second-order valence-corrected chi connectivity index (χ2v) is 6.34. The molecule has 2 aliphatic rings. The van der Waals surface area contributed by atoms with Crippen molar-refractivity contribution in [3.05, 3.63) is 28.8 Å². The lowest BCUT2D eigenvalue weighted by atomic mass is 9.83. The maximum atomic E-state index is 12.2. The molecule has 1 aliphatic heterocycles. The molecule has 1 amide bonds. The molecule has 0 fully saturated rings. The van der Waals surface area contributed by atoms with Gasteiger partial charge in [-0.1, -0.05) is 19.9 Å². The van der Waals surface area contributed by atoms with Gasteiger partial charge >= 0.3 is 0 Å². The first-order valence-corrected chi connectivity index (χ1v) is 8.40. The lowest BCUT2D eigenvalue weighted by molar-refractivity contribution is -0.112. The molecule has 1 aromatic carbocycles. The minimum atomic E-state index is -0.482. The van der Waals surface area contributed by atoms with E-state index in [4.69, 9.17) is 0 Å². The fourth-order valence-corrected chi connectivity index (χ4v) is 3.84. The Kier molecular flexibility index (Phi) is 4.30. The Labute approximate surface area is 131 Å². The Hall–Kier alpha value is -1.68. The Morgan fingerprint density at radius 1 is 1.18 bits per heavy atom. The highest BCUT2D eigenvalue weighted by molar-refractivity contribution is 6.52. The second-order valence-electron chi connectivity index (χ2n) is 6.34. The summed E-state index contributed by atoms with van der Waals surface area (Å²) < 4.78 is 0. The number of Topliss-reactive ketones (excluding diaryl/α,β-unsaturated/α-hetero) is 1. The van der Waals surface area contributed by atoms with E-state index in [1.54, 1.807) is 0 Å². The van der Waals surface area contributed by atoms with E-state index < -0.39 is 5.91 Å². The topological polar surface area (TPSA) is 49.4 Å². The molecular formula is C18H24N2O2. The van der Waals surface area contributed by atoms with E-state index in [-0.39, 0.29) is 5.78 Å². The molecular weight excluding hydrogens is 276 g/mol. The molecule has 4 heteroatoms. The highest BCUT2D eigenvalue weighted by Crippen LogP contribution is 2.34. The van der Waals surface area contributed by atoms with Gasteiger partial charge in [-0.2, -0.15) is 0 Å². The molecule has 0 saturated heterocycles. The predicted octanol–water partition coefficient (Wildman–Crippen LogP) is 2.80. The van der Waals surface area contributed by atoms with Gasteiger partial charge in [0.25, 0.3) is 11.7 Å². The van der Waals surface area contributed by atoms with Crippen molar-refractivity contribution in [1.29, 1.82) is 0 Å². The second kappa shape index (κ2) is 6.21. The van der Waals surface area contributed by atoms with Crippen LogP contribution in [-0.2, 0) is 17.6 Å². The average molecular weight is 300 g/mol. The van der Waals surface area contributed by atoms with Crippen LogP contribution in [0.1, 0.15) is 54.6 Å². The number of ketones is 1. The molecule has 0 bridgehead atoms. The predicted molar refractivity (Wildman–Crippen MR) is 87.4 cm³/mol. The van der Waals surface area contributed by atoms with E-state index >= 15 is 0 Å². The summed E-state index contributed by atoms with van der Waals surface area (Å²) in [5.41, 5.74) is 3.69. The van der Waals surface area contributed by atoms with E-state index in [9.17, 15) is 9.59 Å². The monoisotopic (exact) mass is 300 g/mol. The largest absolute Gasteiger partial charge is 0.318 e. The minimum Gasteiger partial charge on any atom is -0.318 e.